The van der Waals surface area contributed by atoms with Gasteiger partial charge in [-0.3, -0.25) is 14.5 Å². The van der Waals surface area contributed by atoms with Crippen molar-refractivity contribution in [1.29, 1.82) is 0 Å². The van der Waals surface area contributed by atoms with E-state index in [1.807, 2.05) is 24.3 Å². The van der Waals surface area contributed by atoms with Crippen molar-refractivity contribution in [2.75, 3.05) is 24.6 Å². The van der Waals surface area contributed by atoms with E-state index in [9.17, 15) is 9.59 Å². The Balaban J connectivity index is 1.39. The normalized spacial score (nSPS) is 17.6. The largest absolute Gasteiger partial charge is 0.482 e. The number of ether oxygens (including phenoxy) is 1. The van der Waals surface area contributed by atoms with Crippen LogP contribution in [0.1, 0.15) is 24.6 Å². The van der Waals surface area contributed by atoms with Crippen LogP contribution < -0.4 is 9.64 Å². The summed E-state index contributed by atoms with van der Waals surface area (Å²) in [5.41, 5.74) is 2.09. The van der Waals surface area contributed by atoms with Gasteiger partial charge < -0.3 is 9.64 Å². The second-order valence-electron chi connectivity index (χ2n) is 7.94. The summed E-state index contributed by atoms with van der Waals surface area (Å²) in [6.45, 7) is 0.402. The fourth-order valence-corrected chi connectivity index (χ4v) is 4.63. The molecule has 1 unspecified atom stereocenters. The monoisotopic (exact) mass is 482 g/mol. The van der Waals surface area contributed by atoms with Crippen LogP contribution >= 0.6 is 23.2 Å². The molecule has 2 aliphatic heterocycles. The second kappa shape index (κ2) is 9.00. The second-order valence-corrected chi connectivity index (χ2v) is 8.81. The Morgan fingerprint density at radius 3 is 2.82 bits per heavy atom. The van der Waals surface area contributed by atoms with E-state index < -0.39 is 0 Å². The van der Waals surface area contributed by atoms with Crippen molar-refractivity contribution in [2.45, 2.75) is 18.9 Å². The maximum absolute atomic E-state index is 13.3. The zero-order valence-corrected chi connectivity index (χ0v) is 19.1. The number of rotatable bonds is 4. The number of benzene rings is 2. The Kier molecular flexibility index (Phi) is 5.91. The number of fused-ring (bicyclic) bond motifs is 1. The number of nitrogens with zero attached hydrogens (tertiary/aromatic N) is 4. The van der Waals surface area contributed by atoms with E-state index in [0.717, 1.165) is 24.1 Å². The predicted molar refractivity (Wildman–Crippen MR) is 125 cm³/mol. The molecule has 0 spiro atoms. The van der Waals surface area contributed by atoms with E-state index in [4.69, 9.17) is 32.9 Å². The highest BCUT2D eigenvalue weighted by atomic mass is 35.5. The number of halogens is 2. The number of anilines is 1. The van der Waals surface area contributed by atoms with Gasteiger partial charge in [0.15, 0.2) is 12.4 Å². The molecule has 7 nitrogen and oxygen atoms in total. The van der Waals surface area contributed by atoms with Crippen LogP contribution in [0.3, 0.4) is 0 Å². The van der Waals surface area contributed by atoms with Crippen LogP contribution in [0.25, 0.3) is 11.4 Å². The molecule has 5 rings (SSSR count). The van der Waals surface area contributed by atoms with Crippen LogP contribution in [-0.2, 0) is 9.59 Å². The first-order valence-electron chi connectivity index (χ1n) is 10.6. The van der Waals surface area contributed by atoms with Crippen LogP contribution in [0, 0.1) is 0 Å². The van der Waals surface area contributed by atoms with E-state index in [0.29, 0.717) is 33.9 Å². The molecule has 0 saturated carbocycles. The maximum atomic E-state index is 13.3. The number of hydrogen-bond acceptors (Lipinski definition) is 5. The lowest BCUT2D eigenvalue weighted by Gasteiger charge is -2.32. The number of hydrogen-bond donors (Lipinski definition) is 0. The number of carbonyl (C=O) groups is 2. The summed E-state index contributed by atoms with van der Waals surface area (Å²) >= 11 is 12.2. The summed E-state index contributed by atoms with van der Waals surface area (Å²) < 4.78 is 5.48. The fraction of sp³-hybridized carbons (Fsp3) is 0.250. The topological polar surface area (TPSA) is 75.6 Å². The number of carbonyl (C=O) groups excluding carboxylic acids is 2. The minimum Gasteiger partial charge on any atom is -0.482 e. The van der Waals surface area contributed by atoms with Crippen LogP contribution in [0.4, 0.5) is 5.69 Å². The van der Waals surface area contributed by atoms with Gasteiger partial charge in [0.25, 0.3) is 5.91 Å². The quantitative estimate of drug-likeness (QED) is 0.545. The standard InChI is InChI=1S/C24H20Cl2N4O3/c25-16-4-1-3-15(11-16)24-27-9-8-18(28-24)19-5-2-10-29(19)22(31)13-30-20-12-17(26)6-7-21(20)33-14-23(30)32/h1,3-4,6-9,11-12,19H,2,5,10,13-14H2. The average molecular weight is 483 g/mol. The average Bonchev–Trinajstić information content (AvgIpc) is 3.31. The van der Waals surface area contributed by atoms with E-state index in [1.54, 1.807) is 35.4 Å². The Bertz CT molecular complexity index is 1240. The van der Waals surface area contributed by atoms with Crippen molar-refractivity contribution in [1.82, 2.24) is 14.9 Å². The fourth-order valence-electron chi connectivity index (χ4n) is 4.27. The Hall–Kier alpha value is -3.16. The number of amides is 2. The lowest BCUT2D eigenvalue weighted by molar-refractivity contribution is -0.132. The summed E-state index contributed by atoms with van der Waals surface area (Å²) in [5.74, 6) is 0.661. The van der Waals surface area contributed by atoms with Gasteiger partial charge in [0.2, 0.25) is 5.91 Å². The molecule has 2 amide bonds. The van der Waals surface area contributed by atoms with Crippen LogP contribution in [0.15, 0.2) is 54.7 Å². The van der Waals surface area contributed by atoms with Crippen molar-refractivity contribution in [3.8, 4) is 17.1 Å². The zero-order valence-electron chi connectivity index (χ0n) is 17.6. The Morgan fingerprint density at radius 1 is 1.12 bits per heavy atom. The smallest absolute Gasteiger partial charge is 0.265 e. The summed E-state index contributed by atoms with van der Waals surface area (Å²) in [6.07, 6.45) is 3.34. The van der Waals surface area contributed by atoms with Gasteiger partial charge in [-0.15, -0.1) is 0 Å². The molecule has 3 heterocycles. The SMILES string of the molecule is O=C1COc2ccc(Cl)cc2N1CC(=O)N1CCCC1c1ccnc(-c2cccc(Cl)c2)n1. The van der Waals surface area contributed by atoms with Gasteiger partial charge >= 0.3 is 0 Å². The third-order valence-corrected chi connectivity index (χ3v) is 6.30. The molecular weight excluding hydrogens is 463 g/mol. The van der Waals surface area contributed by atoms with Gasteiger partial charge in [-0.25, -0.2) is 9.97 Å². The lowest BCUT2D eigenvalue weighted by atomic mass is 10.1. The van der Waals surface area contributed by atoms with Crippen molar-refractivity contribution in [3.63, 3.8) is 0 Å². The highest BCUT2D eigenvalue weighted by Crippen LogP contribution is 2.36. The van der Waals surface area contributed by atoms with Crippen molar-refractivity contribution >= 4 is 40.7 Å². The van der Waals surface area contributed by atoms with Gasteiger partial charge in [0, 0.05) is 28.4 Å². The molecule has 2 aromatic carbocycles. The minimum absolute atomic E-state index is 0.0851. The van der Waals surface area contributed by atoms with E-state index in [2.05, 4.69) is 4.98 Å². The molecule has 1 atom stereocenters. The maximum Gasteiger partial charge on any atom is 0.265 e. The third-order valence-electron chi connectivity index (χ3n) is 5.83. The lowest BCUT2D eigenvalue weighted by Crippen LogP contribution is -2.46. The van der Waals surface area contributed by atoms with Crippen molar-refractivity contribution < 1.29 is 14.3 Å². The molecule has 0 radical (unpaired) electrons. The van der Waals surface area contributed by atoms with Crippen LogP contribution in [0.5, 0.6) is 5.75 Å². The minimum atomic E-state index is -0.279. The number of aromatic nitrogens is 2. The molecule has 1 saturated heterocycles. The van der Waals surface area contributed by atoms with Gasteiger partial charge in [-0.05, 0) is 49.2 Å². The van der Waals surface area contributed by atoms with Gasteiger partial charge in [0.05, 0.1) is 17.4 Å². The molecule has 1 aromatic heterocycles. The zero-order chi connectivity index (χ0) is 22.9. The van der Waals surface area contributed by atoms with E-state index >= 15 is 0 Å². The predicted octanol–water partition coefficient (Wildman–Crippen LogP) is 4.54. The van der Waals surface area contributed by atoms with E-state index in [1.165, 1.54) is 4.90 Å². The summed E-state index contributed by atoms with van der Waals surface area (Å²) in [4.78, 5) is 38.2. The van der Waals surface area contributed by atoms with Crippen LogP contribution in [-0.4, -0.2) is 46.4 Å². The third kappa shape index (κ3) is 4.38. The summed E-state index contributed by atoms with van der Waals surface area (Å²) in [5, 5.41) is 1.08. The molecule has 1 fully saturated rings. The molecule has 2 aliphatic rings. The molecular formula is C24H20Cl2N4O3. The molecule has 0 bridgehead atoms. The molecule has 0 N–H and O–H groups in total. The molecule has 168 valence electrons. The highest BCUT2D eigenvalue weighted by Gasteiger charge is 2.35. The Morgan fingerprint density at radius 2 is 1.97 bits per heavy atom. The first-order chi connectivity index (χ1) is 16.0. The summed E-state index contributed by atoms with van der Waals surface area (Å²) in [7, 11) is 0. The molecule has 0 aliphatic carbocycles. The number of likely N-dealkylation sites (tertiary alicyclic amines) is 1. The molecule has 33 heavy (non-hydrogen) atoms. The van der Waals surface area contributed by atoms with Crippen molar-refractivity contribution in [3.05, 3.63) is 70.5 Å². The van der Waals surface area contributed by atoms with Crippen molar-refractivity contribution in [2.24, 2.45) is 0 Å². The molecule has 3 aromatic rings. The summed E-state index contributed by atoms with van der Waals surface area (Å²) in [6, 6.07) is 14.0. The molecule has 9 heteroatoms. The van der Waals surface area contributed by atoms with Crippen LogP contribution in [0.2, 0.25) is 10.0 Å². The van der Waals surface area contributed by atoms with Gasteiger partial charge in [0.1, 0.15) is 12.3 Å². The highest BCUT2D eigenvalue weighted by molar-refractivity contribution is 6.31. The van der Waals surface area contributed by atoms with Gasteiger partial charge in [-0.1, -0.05) is 35.3 Å². The van der Waals surface area contributed by atoms with E-state index in [-0.39, 0.29) is 31.0 Å². The first kappa shape index (κ1) is 21.7. The first-order valence-corrected chi connectivity index (χ1v) is 11.4. The van der Waals surface area contributed by atoms with Gasteiger partial charge in [-0.2, -0.15) is 0 Å². The Labute approximate surface area is 200 Å².